The molecule has 1 N–H and O–H groups in total. The van der Waals surface area contributed by atoms with Crippen LogP contribution < -0.4 is 4.74 Å². The fraction of sp³-hybridized carbons (Fsp3) is 0.467. The van der Waals surface area contributed by atoms with Crippen molar-refractivity contribution in [1.29, 1.82) is 0 Å². The van der Waals surface area contributed by atoms with Crippen molar-refractivity contribution in [2.24, 2.45) is 0 Å². The second-order valence-corrected chi connectivity index (χ2v) is 6.26. The first-order valence-electron chi connectivity index (χ1n) is 6.56. The van der Waals surface area contributed by atoms with Crippen molar-refractivity contribution >= 4 is 23.6 Å². The lowest BCUT2D eigenvalue weighted by molar-refractivity contribution is -0.155. The second-order valence-electron chi connectivity index (χ2n) is 5.09. The van der Waals surface area contributed by atoms with Crippen LogP contribution in [-0.2, 0) is 9.59 Å². The third kappa shape index (κ3) is 4.67. The minimum atomic E-state index is -1.19. The average molecular weight is 311 g/mol. The summed E-state index contributed by atoms with van der Waals surface area (Å²) in [5, 5.41) is 9.10. The number of carbonyl (C=O) groups is 2. The van der Waals surface area contributed by atoms with E-state index >= 15 is 0 Å². The summed E-state index contributed by atoms with van der Waals surface area (Å²) < 4.78 is 5.08. The van der Waals surface area contributed by atoms with Gasteiger partial charge < -0.3 is 14.7 Å². The van der Waals surface area contributed by atoms with E-state index in [1.807, 2.05) is 24.3 Å². The quantitative estimate of drug-likeness (QED) is 0.784. The molecule has 116 valence electrons. The smallest absolute Gasteiger partial charge is 0.329 e. The lowest BCUT2D eigenvalue weighted by atomic mass is 10.0. The molecule has 0 radical (unpaired) electrons. The van der Waals surface area contributed by atoms with E-state index in [9.17, 15) is 9.59 Å². The van der Waals surface area contributed by atoms with Gasteiger partial charge in [0.1, 0.15) is 11.3 Å². The van der Waals surface area contributed by atoms with Gasteiger partial charge in [-0.2, -0.15) is 0 Å². The highest BCUT2D eigenvalue weighted by Crippen LogP contribution is 2.22. The molecule has 1 aromatic carbocycles. The van der Waals surface area contributed by atoms with E-state index < -0.39 is 11.5 Å². The molecule has 0 aliphatic rings. The Hall–Kier alpha value is -1.69. The number of benzene rings is 1. The van der Waals surface area contributed by atoms with Crippen LogP contribution in [0.5, 0.6) is 5.75 Å². The second kappa shape index (κ2) is 7.36. The van der Waals surface area contributed by atoms with Gasteiger partial charge in [0.2, 0.25) is 5.91 Å². The summed E-state index contributed by atoms with van der Waals surface area (Å²) in [7, 11) is 3.13. The fourth-order valence-electron chi connectivity index (χ4n) is 1.55. The number of aliphatic carboxylic acids is 1. The summed E-state index contributed by atoms with van der Waals surface area (Å²) >= 11 is 1.55. The number of carboxylic acid groups (broad SMARTS) is 1. The maximum atomic E-state index is 12.0. The van der Waals surface area contributed by atoms with Crippen LogP contribution in [0, 0.1) is 0 Å². The number of hydrogen-bond acceptors (Lipinski definition) is 4. The van der Waals surface area contributed by atoms with E-state index in [0.717, 1.165) is 10.6 Å². The molecular formula is C15H21NO4S. The number of carboxylic acids is 1. The monoisotopic (exact) mass is 311 g/mol. The van der Waals surface area contributed by atoms with Gasteiger partial charge in [-0.1, -0.05) is 0 Å². The van der Waals surface area contributed by atoms with Crippen molar-refractivity contribution < 1.29 is 19.4 Å². The lowest BCUT2D eigenvalue weighted by Gasteiger charge is -2.31. The molecule has 0 aliphatic carbocycles. The summed E-state index contributed by atoms with van der Waals surface area (Å²) in [5.74, 6) is 0.202. The van der Waals surface area contributed by atoms with Gasteiger partial charge in [-0.3, -0.25) is 4.79 Å². The Labute approximate surface area is 129 Å². The number of hydrogen-bond donors (Lipinski definition) is 1. The van der Waals surface area contributed by atoms with Gasteiger partial charge in [-0.15, -0.1) is 11.8 Å². The molecule has 1 rings (SSSR count). The van der Waals surface area contributed by atoms with Crippen molar-refractivity contribution in [2.75, 3.05) is 19.9 Å². The minimum absolute atomic E-state index is 0.177. The number of amides is 1. The largest absolute Gasteiger partial charge is 0.497 e. The predicted molar refractivity (Wildman–Crippen MR) is 82.8 cm³/mol. The standard InChI is InChI=1S/C15H21NO4S/c1-15(2,14(18)19)16(3)13(17)9-10-21-12-7-5-11(20-4)6-8-12/h5-8H,9-10H2,1-4H3,(H,18,19). The van der Waals surface area contributed by atoms with Crippen LogP contribution >= 0.6 is 11.8 Å². The van der Waals surface area contributed by atoms with Crippen LogP contribution in [0.1, 0.15) is 20.3 Å². The number of rotatable bonds is 7. The molecule has 0 aromatic heterocycles. The minimum Gasteiger partial charge on any atom is -0.497 e. The van der Waals surface area contributed by atoms with E-state index in [1.165, 1.54) is 25.8 Å². The Balaban J connectivity index is 2.47. The number of nitrogens with zero attached hydrogens (tertiary/aromatic N) is 1. The highest BCUT2D eigenvalue weighted by molar-refractivity contribution is 7.99. The van der Waals surface area contributed by atoms with Crippen LogP contribution in [0.15, 0.2) is 29.2 Å². The number of likely N-dealkylation sites (N-methyl/N-ethyl adjacent to an activating group) is 1. The molecule has 5 nitrogen and oxygen atoms in total. The van der Waals surface area contributed by atoms with E-state index in [1.54, 1.807) is 18.9 Å². The van der Waals surface area contributed by atoms with Crippen LogP contribution in [0.3, 0.4) is 0 Å². The molecule has 0 saturated heterocycles. The van der Waals surface area contributed by atoms with Gasteiger partial charge >= 0.3 is 5.97 Å². The Morgan fingerprint density at radius 1 is 1.29 bits per heavy atom. The molecule has 0 saturated carbocycles. The zero-order valence-corrected chi connectivity index (χ0v) is 13.6. The summed E-state index contributed by atoms with van der Waals surface area (Å²) in [6, 6.07) is 7.59. The Morgan fingerprint density at radius 2 is 1.86 bits per heavy atom. The fourth-order valence-corrected chi connectivity index (χ4v) is 2.39. The molecule has 1 amide bonds. The van der Waals surface area contributed by atoms with E-state index in [4.69, 9.17) is 9.84 Å². The van der Waals surface area contributed by atoms with Gasteiger partial charge in [0.05, 0.1) is 7.11 Å². The summed E-state index contributed by atoms with van der Waals surface area (Å²) in [5.41, 5.74) is -1.19. The number of ether oxygens (including phenoxy) is 1. The van der Waals surface area contributed by atoms with Gasteiger partial charge in [-0.05, 0) is 38.1 Å². The third-order valence-electron chi connectivity index (χ3n) is 3.38. The van der Waals surface area contributed by atoms with Crippen LogP contribution in [0.4, 0.5) is 0 Å². The van der Waals surface area contributed by atoms with Gasteiger partial charge in [-0.25, -0.2) is 4.79 Å². The third-order valence-corrected chi connectivity index (χ3v) is 4.39. The van der Waals surface area contributed by atoms with Crippen molar-refractivity contribution in [2.45, 2.75) is 30.7 Å². The first-order valence-corrected chi connectivity index (χ1v) is 7.54. The zero-order chi connectivity index (χ0) is 16.0. The van der Waals surface area contributed by atoms with E-state index in [0.29, 0.717) is 12.2 Å². The van der Waals surface area contributed by atoms with Crippen LogP contribution in [0.2, 0.25) is 0 Å². The zero-order valence-electron chi connectivity index (χ0n) is 12.8. The molecule has 0 fully saturated rings. The molecule has 0 aliphatic heterocycles. The van der Waals surface area contributed by atoms with E-state index in [2.05, 4.69) is 0 Å². The van der Waals surface area contributed by atoms with Crippen molar-refractivity contribution in [1.82, 2.24) is 4.90 Å². The van der Waals surface area contributed by atoms with Gasteiger partial charge in [0.15, 0.2) is 0 Å². The maximum Gasteiger partial charge on any atom is 0.329 e. The summed E-state index contributed by atoms with van der Waals surface area (Å²) in [6.07, 6.45) is 0.296. The highest BCUT2D eigenvalue weighted by Gasteiger charge is 2.34. The Morgan fingerprint density at radius 3 is 2.33 bits per heavy atom. The number of methoxy groups -OCH3 is 1. The van der Waals surface area contributed by atoms with Crippen LogP contribution in [-0.4, -0.2) is 47.3 Å². The molecular weight excluding hydrogens is 290 g/mol. The molecule has 0 spiro atoms. The van der Waals surface area contributed by atoms with E-state index in [-0.39, 0.29) is 5.91 Å². The topological polar surface area (TPSA) is 66.8 Å². The normalized spacial score (nSPS) is 11.0. The van der Waals surface area contributed by atoms with Gasteiger partial charge in [0, 0.05) is 24.1 Å². The molecule has 0 atom stereocenters. The van der Waals surface area contributed by atoms with Crippen molar-refractivity contribution in [3.8, 4) is 5.75 Å². The maximum absolute atomic E-state index is 12.0. The first-order chi connectivity index (χ1) is 9.78. The molecule has 0 heterocycles. The Kier molecular flexibility index (Phi) is 6.08. The number of thioether (sulfide) groups is 1. The Bertz CT molecular complexity index is 499. The lowest BCUT2D eigenvalue weighted by Crippen LogP contribution is -2.50. The average Bonchev–Trinajstić information content (AvgIpc) is 2.46. The summed E-state index contributed by atoms with van der Waals surface area (Å²) in [6.45, 7) is 3.04. The van der Waals surface area contributed by atoms with Crippen molar-refractivity contribution in [3.63, 3.8) is 0 Å². The molecule has 6 heteroatoms. The summed E-state index contributed by atoms with van der Waals surface area (Å²) in [4.78, 5) is 25.5. The van der Waals surface area contributed by atoms with Crippen LogP contribution in [0.25, 0.3) is 0 Å². The predicted octanol–water partition coefficient (Wildman–Crippen LogP) is 2.50. The SMILES string of the molecule is COc1ccc(SCCC(=O)N(C)C(C)(C)C(=O)O)cc1. The highest BCUT2D eigenvalue weighted by atomic mass is 32.2. The molecule has 1 aromatic rings. The van der Waals surface area contributed by atoms with Crippen molar-refractivity contribution in [3.05, 3.63) is 24.3 Å². The first kappa shape index (κ1) is 17.4. The molecule has 0 bridgehead atoms. The molecule has 21 heavy (non-hydrogen) atoms. The van der Waals surface area contributed by atoms with Gasteiger partial charge in [0.25, 0.3) is 0 Å². The number of carbonyl (C=O) groups excluding carboxylic acids is 1. The molecule has 0 unspecified atom stereocenters.